The standard InChI is InChI=1S/C11H13ClO/c1-2-3-4-11(13)9-5-7-10(12)8-6-9/h2-3,5-8,11,13H,4H2,1H3/t11-/m0/s1. The molecule has 0 saturated heterocycles. The van der Waals surface area contributed by atoms with Gasteiger partial charge < -0.3 is 5.11 Å². The fraction of sp³-hybridized carbons (Fsp3) is 0.273. The normalized spacial score (nSPS) is 13.5. The van der Waals surface area contributed by atoms with Gasteiger partial charge in [0.15, 0.2) is 0 Å². The molecule has 0 bridgehead atoms. The van der Waals surface area contributed by atoms with Gasteiger partial charge in [-0.1, -0.05) is 35.9 Å². The summed E-state index contributed by atoms with van der Waals surface area (Å²) < 4.78 is 0. The molecule has 1 nitrogen and oxygen atoms in total. The minimum Gasteiger partial charge on any atom is -0.388 e. The van der Waals surface area contributed by atoms with Crippen molar-refractivity contribution in [3.8, 4) is 0 Å². The maximum Gasteiger partial charge on any atom is 0.0824 e. The van der Waals surface area contributed by atoms with E-state index in [1.807, 2.05) is 31.2 Å². The monoisotopic (exact) mass is 196 g/mol. The van der Waals surface area contributed by atoms with Gasteiger partial charge in [-0.05, 0) is 31.0 Å². The van der Waals surface area contributed by atoms with Crippen molar-refractivity contribution >= 4 is 11.6 Å². The van der Waals surface area contributed by atoms with E-state index in [0.29, 0.717) is 11.4 Å². The largest absolute Gasteiger partial charge is 0.388 e. The van der Waals surface area contributed by atoms with Crippen LogP contribution in [0.3, 0.4) is 0 Å². The Kier molecular flexibility index (Phi) is 4.00. The molecule has 1 aromatic rings. The Labute approximate surface area is 83.7 Å². The summed E-state index contributed by atoms with van der Waals surface area (Å²) in [5, 5.41) is 10.3. The molecular formula is C11H13ClO. The molecule has 1 atom stereocenters. The first-order valence-corrected chi connectivity index (χ1v) is 4.66. The van der Waals surface area contributed by atoms with Gasteiger partial charge in [0, 0.05) is 5.02 Å². The highest BCUT2D eigenvalue weighted by atomic mass is 35.5. The second kappa shape index (κ2) is 5.05. The average molecular weight is 197 g/mol. The lowest BCUT2D eigenvalue weighted by Crippen LogP contribution is -1.94. The van der Waals surface area contributed by atoms with E-state index in [2.05, 4.69) is 0 Å². The zero-order valence-corrected chi connectivity index (χ0v) is 8.33. The molecule has 1 rings (SSSR count). The van der Waals surface area contributed by atoms with Gasteiger partial charge in [0.1, 0.15) is 0 Å². The van der Waals surface area contributed by atoms with E-state index >= 15 is 0 Å². The van der Waals surface area contributed by atoms with Gasteiger partial charge >= 0.3 is 0 Å². The first-order valence-electron chi connectivity index (χ1n) is 4.28. The van der Waals surface area contributed by atoms with Crippen molar-refractivity contribution in [1.29, 1.82) is 0 Å². The first-order chi connectivity index (χ1) is 6.24. The highest BCUT2D eigenvalue weighted by Crippen LogP contribution is 2.19. The third-order valence-corrected chi connectivity index (χ3v) is 2.10. The molecule has 0 spiro atoms. The van der Waals surface area contributed by atoms with Gasteiger partial charge in [0.05, 0.1) is 6.10 Å². The van der Waals surface area contributed by atoms with Crippen LogP contribution in [0.15, 0.2) is 36.4 Å². The molecule has 2 heteroatoms. The molecule has 0 saturated carbocycles. The lowest BCUT2D eigenvalue weighted by Gasteiger charge is -2.07. The molecule has 13 heavy (non-hydrogen) atoms. The fourth-order valence-corrected chi connectivity index (χ4v) is 1.21. The number of hydrogen-bond donors (Lipinski definition) is 1. The Hall–Kier alpha value is -0.790. The van der Waals surface area contributed by atoms with Crippen LogP contribution in [0.2, 0.25) is 5.02 Å². The van der Waals surface area contributed by atoms with Crippen molar-refractivity contribution in [3.63, 3.8) is 0 Å². The summed E-state index contributed by atoms with van der Waals surface area (Å²) in [5.41, 5.74) is 0.905. The number of allylic oxidation sites excluding steroid dienone is 1. The molecule has 0 fully saturated rings. The second-order valence-electron chi connectivity index (χ2n) is 2.87. The van der Waals surface area contributed by atoms with E-state index in [1.54, 1.807) is 12.1 Å². The van der Waals surface area contributed by atoms with Crippen LogP contribution in [0.1, 0.15) is 25.0 Å². The lowest BCUT2D eigenvalue weighted by molar-refractivity contribution is 0.181. The van der Waals surface area contributed by atoms with E-state index < -0.39 is 6.10 Å². The Morgan fingerprint density at radius 2 is 2.00 bits per heavy atom. The molecule has 1 aromatic carbocycles. The molecule has 0 aliphatic rings. The summed E-state index contributed by atoms with van der Waals surface area (Å²) in [5.74, 6) is 0. The highest BCUT2D eigenvalue weighted by molar-refractivity contribution is 6.30. The predicted molar refractivity (Wildman–Crippen MR) is 55.8 cm³/mol. The Morgan fingerprint density at radius 3 is 2.54 bits per heavy atom. The smallest absolute Gasteiger partial charge is 0.0824 e. The number of benzene rings is 1. The number of aliphatic hydroxyl groups is 1. The van der Waals surface area contributed by atoms with E-state index in [0.717, 1.165) is 5.56 Å². The molecule has 0 aliphatic carbocycles. The van der Waals surface area contributed by atoms with Crippen molar-refractivity contribution in [2.75, 3.05) is 0 Å². The average Bonchev–Trinajstić information content (AvgIpc) is 2.15. The van der Waals surface area contributed by atoms with Gasteiger partial charge in [-0.15, -0.1) is 0 Å². The van der Waals surface area contributed by atoms with Crippen molar-refractivity contribution < 1.29 is 5.11 Å². The van der Waals surface area contributed by atoms with Crippen molar-refractivity contribution in [2.45, 2.75) is 19.4 Å². The quantitative estimate of drug-likeness (QED) is 0.736. The minimum absolute atomic E-state index is 0.423. The van der Waals surface area contributed by atoms with Crippen LogP contribution in [-0.4, -0.2) is 5.11 Å². The van der Waals surface area contributed by atoms with Crippen LogP contribution < -0.4 is 0 Å². The number of hydrogen-bond acceptors (Lipinski definition) is 1. The summed E-state index contributed by atoms with van der Waals surface area (Å²) in [6.07, 6.45) is 4.10. The van der Waals surface area contributed by atoms with E-state index in [9.17, 15) is 5.11 Å². The maximum atomic E-state index is 9.65. The zero-order valence-electron chi connectivity index (χ0n) is 7.57. The third kappa shape index (κ3) is 3.21. The fourth-order valence-electron chi connectivity index (χ4n) is 1.09. The molecule has 0 aliphatic heterocycles. The Morgan fingerprint density at radius 1 is 1.38 bits per heavy atom. The van der Waals surface area contributed by atoms with Crippen molar-refractivity contribution in [1.82, 2.24) is 0 Å². The van der Waals surface area contributed by atoms with Crippen LogP contribution in [0, 0.1) is 0 Å². The number of rotatable bonds is 3. The second-order valence-corrected chi connectivity index (χ2v) is 3.31. The summed E-state index contributed by atoms with van der Waals surface area (Å²) in [4.78, 5) is 0. The molecule has 1 N–H and O–H groups in total. The zero-order chi connectivity index (χ0) is 9.68. The van der Waals surface area contributed by atoms with Gasteiger partial charge in [-0.25, -0.2) is 0 Å². The van der Waals surface area contributed by atoms with Crippen LogP contribution in [0.5, 0.6) is 0 Å². The maximum absolute atomic E-state index is 9.65. The molecule has 70 valence electrons. The summed E-state index contributed by atoms with van der Waals surface area (Å²) in [7, 11) is 0. The van der Waals surface area contributed by atoms with Crippen LogP contribution in [0.25, 0.3) is 0 Å². The van der Waals surface area contributed by atoms with Crippen LogP contribution in [0.4, 0.5) is 0 Å². The Bertz CT molecular complexity index is 277. The van der Waals surface area contributed by atoms with Gasteiger partial charge in [0.25, 0.3) is 0 Å². The van der Waals surface area contributed by atoms with Gasteiger partial charge in [-0.3, -0.25) is 0 Å². The predicted octanol–water partition coefficient (Wildman–Crippen LogP) is 3.34. The molecule has 0 aromatic heterocycles. The Balaban J connectivity index is 2.66. The summed E-state index contributed by atoms with van der Waals surface area (Å²) >= 11 is 5.73. The topological polar surface area (TPSA) is 20.2 Å². The van der Waals surface area contributed by atoms with Gasteiger partial charge in [0.2, 0.25) is 0 Å². The van der Waals surface area contributed by atoms with Crippen molar-refractivity contribution in [2.24, 2.45) is 0 Å². The highest BCUT2D eigenvalue weighted by Gasteiger charge is 2.03. The molecular weight excluding hydrogens is 184 g/mol. The van der Waals surface area contributed by atoms with E-state index in [-0.39, 0.29) is 0 Å². The molecule has 0 unspecified atom stereocenters. The first kappa shape index (κ1) is 10.3. The summed E-state index contributed by atoms with van der Waals surface area (Å²) in [6, 6.07) is 7.26. The van der Waals surface area contributed by atoms with Crippen LogP contribution >= 0.6 is 11.6 Å². The van der Waals surface area contributed by atoms with E-state index in [1.165, 1.54) is 0 Å². The van der Waals surface area contributed by atoms with Gasteiger partial charge in [-0.2, -0.15) is 0 Å². The van der Waals surface area contributed by atoms with E-state index in [4.69, 9.17) is 11.6 Å². The number of aliphatic hydroxyl groups excluding tert-OH is 1. The minimum atomic E-state index is -0.423. The molecule has 0 amide bonds. The van der Waals surface area contributed by atoms with Crippen molar-refractivity contribution in [3.05, 3.63) is 47.0 Å². The molecule has 0 heterocycles. The number of halogens is 1. The van der Waals surface area contributed by atoms with Crippen LogP contribution in [-0.2, 0) is 0 Å². The lowest BCUT2D eigenvalue weighted by atomic mass is 10.1. The summed E-state index contributed by atoms with van der Waals surface area (Å²) in [6.45, 7) is 1.94. The SMILES string of the molecule is CC=CC[C@H](O)c1ccc(Cl)cc1. The molecule has 0 radical (unpaired) electrons. The third-order valence-electron chi connectivity index (χ3n) is 1.85.